The molecule has 0 aromatic heterocycles. The Balaban J connectivity index is 1.62. The van der Waals surface area contributed by atoms with Gasteiger partial charge >= 0.3 is 0 Å². The molecule has 0 atom stereocenters. The molecular formula is C18H31NOSi. The van der Waals surface area contributed by atoms with E-state index >= 15 is 0 Å². The van der Waals surface area contributed by atoms with Crippen molar-refractivity contribution in [3.8, 4) is 0 Å². The summed E-state index contributed by atoms with van der Waals surface area (Å²) in [6.45, 7) is 9.92. The van der Waals surface area contributed by atoms with Crippen LogP contribution in [0.3, 0.4) is 0 Å². The Labute approximate surface area is 131 Å². The Morgan fingerprint density at radius 1 is 1.05 bits per heavy atom. The van der Waals surface area contributed by atoms with Crippen LogP contribution in [0.4, 0.5) is 0 Å². The largest absolute Gasteiger partial charge is 0.377 e. The average molecular weight is 306 g/mol. The van der Waals surface area contributed by atoms with Crippen LogP contribution in [0.1, 0.15) is 37.7 Å². The van der Waals surface area contributed by atoms with Crippen molar-refractivity contribution in [1.82, 2.24) is 5.32 Å². The fraction of sp³-hybridized carbons (Fsp3) is 0.667. The van der Waals surface area contributed by atoms with Gasteiger partial charge in [-0.3, -0.25) is 0 Å². The van der Waals surface area contributed by atoms with E-state index in [2.05, 4.69) is 49.2 Å². The summed E-state index contributed by atoms with van der Waals surface area (Å²) in [5, 5.41) is 5.02. The minimum Gasteiger partial charge on any atom is -0.377 e. The van der Waals surface area contributed by atoms with Crippen molar-refractivity contribution in [2.24, 2.45) is 0 Å². The summed E-state index contributed by atoms with van der Waals surface area (Å²) in [5.41, 5.74) is 1.37. The molecule has 0 saturated heterocycles. The monoisotopic (exact) mass is 305 g/mol. The molecule has 1 saturated carbocycles. The highest BCUT2D eigenvalue weighted by molar-refractivity contribution is 6.88. The minimum atomic E-state index is -1.16. The topological polar surface area (TPSA) is 21.3 Å². The van der Waals surface area contributed by atoms with Gasteiger partial charge in [-0.15, -0.1) is 0 Å². The van der Waals surface area contributed by atoms with Gasteiger partial charge in [-0.05, 0) is 18.4 Å². The van der Waals surface area contributed by atoms with E-state index in [4.69, 9.17) is 4.74 Å². The van der Waals surface area contributed by atoms with Crippen molar-refractivity contribution in [1.29, 1.82) is 0 Å². The third-order valence-electron chi connectivity index (χ3n) is 4.33. The molecule has 0 radical (unpaired) electrons. The van der Waals surface area contributed by atoms with Gasteiger partial charge in [0.25, 0.3) is 0 Å². The van der Waals surface area contributed by atoms with Crippen molar-refractivity contribution in [2.45, 2.75) is 64.4 Å². The summed E-state index contributed by atoms with van der Waals surface area (Å²) < 4.78 is 5.93. The van der Waals surface area contributed by atoms with Crippen molar-refractivity contribution in [2.75, 3.05) is 13.2 Å². The number of hydrogen-bond donors (Lipinski definition) is 1. The first-order chi connectivity index (χ1) is 10.1. The Morgan fingerprint density at radius 2 is 1.71 bits per heavy atom. The van der Waals surface area contributed by atoms with E-state index in [1.165, 1.54) is 42.9 Å². The standard InChI is InChI=1S/C18H31NOSi/c1-21(2,3)18-11-9-16(10-12-18)15-19-13-14-20-17-7-5-4-6-8-17/h9-12,17,19H,4-8,13-15H2,1-3H3. The predicted molar refractivity (Wildman–Crippen MR) is 94.0 cm³/mol. The van der Waals surface area contributed by atoms with E-state index in [-0.39, 0.29) is 0 Å². The highest BCUT2D eigenvalue weighted by Gasteiger charge is 2.15. The van der Waals surface area contributed by atoms with Crippen LogP contribution in [0.5, 0.6) is 0 Å². The first kappa shape index (κ1) is 16.7. The van der Waals surface area contributed by atoms with Crippen molar-refractivity contribution in [3.05, 3.63) is 29.8 Å². The molecule has 118 valence electrons. The molecule has 0 aliphatic heterocycles. The molecular weight excluding hydrogens is 274 g/mol. The maximum Gasteiger partial charge on any atom is 0.0775 e. The van der Waals surface area contributed by atoms with Gasteiger partial charge in [-0.2, -0.15) is 0 Å². The summed E-state index contributed by atoms with van der Waals surface area (Å²) in [7, 11) is -1.16. The Kier molecular flexibility index (Phi) is 6.46. The molecule has 0 spiro atoms. The molecule has 2 rings (SSSR count). The second-order valence-electron chi connectivity index (χ2n) is 7.25. The number of ether oxygens (including phenoxy) is 1. The van der Waals surface area contributed by atoms with Gasteiger partial charge in [0, 0.05) is 13.1 Å². The third kappa shape index (κ3) is 5.93. The smallest absolute Gasteiger partial charge is 0.0775 e. The Hall–Kier alpha value is -0.643. The van der Waals surface area contributed by atoms with Gasteiger partial charge < -0.3 is 10.1 Å². The van der Waals surface area contributed by atoms with Crippen LogP contribution >= 0.6 is 0 Å². The van der Waals surface area contributed by atoms with Gasteiger partial charge in [0.2, 0.25) is 0 Å². The molecule has 1 aliphatic carbocycles. The molecule has 2 nitrogen and oxygen atoms in total. The molecule has 1 N–H and O–H groups in total. The maximum atomic E-state index is 5.93. The first-order valence-electron chi connectivity index (χ1n) is 8.47. The van der Waals surface area contributed by atoms with Gasteiger partial charge in [-0.1, -0.05) is 68.4 Å². The molecule has 1 aliphatic rings. The lowest BCUT2D eigenvalue weighted by molar-refractivity contribution is 0.0302. The summed E-state index contributed by atoms with van der Waals surface area (Å²) in [5.74, 6) is 0. The Morgan fingerprint density at radius 3 is 2.33 bits per heavy atom. The second kappa shape index (κ2) is 8.11. The molecule has 1 aromatic carbocycles. The van der Waals surface area contributed by atoms with Crippen molar-refractivity contribution < 1.29 is 4.74 Å². The zero-order valence-electron chi connectivity index (χ0n) is 14.0. The minimum absolute atomic E-state index is 0.525. The molecule has 0 amide bonds. The second-order valence-corrected chi connectivity index (χ2v) is 12.3. The van der Waals surface area contributed by atoms with Gasteiger partial charge in [-0.25, -0.2) is 0 Å². The Bertz CT molecular complexity index is 404. The molecule has 0 bridgehead atoms. The fourth-order valence-electron chi connectivity index (χ4n) is 2.88. The van der Waals surface area contributed by atoms with Crippen LogP contribution in [-0.2, 0) is 11.3 Å². The van der Waals surface area contributed by atoms with Gasteiger partial charge in [0.15, 0.2) is 0 Å². The number of rotatable bonds is 7. The quantitative estimate of drug-likeness (QED) is 0.613. The fourth-order valence-corrected chi connectivity index (χ4v) is 4.05. The van der Waals surface area contributed by atoms with Crippen molar-refractivity contribution >= 4 is 13.3 Å². The zero-order valence-corrected chi connectivity index (χ0v) is 15.0. The van der Waals surface area contributed by atoms with E-state index in [9.17, 15) is 0 Å². The molecule has 1 aromatic rings. The van der Waals surface area contributed by atoms with E-state index in [0.29, 0.717) is 6.10 Å². The summed E-state index contributed by atoms with van der Waals surface area (Å²) in [6.07, 6.45) is 7.14. The highest BCUT2D eigenvalue weighted by atomic mass is 28.3. The number of nitrogens with one attached hydrogen (secondary N) is 1. The first-order valence-corrected chi connectivity index (χ1v) is 12.0. The molecule has 3 heteroatoms. The van der Waals surface area contributed by atoms with Crippen LogP contribution in [0, 0.1) is 0 Å². The molecule has 0 unspecified atom stereocenters. The summed E-state index contributed by atoms with van der Waals surface area (Å²) >= 11 is 0. The predicted octanol–water partition coefficient (Wildman–Crippen LogP) is 3.67. The lowest BCUT2D eigenvalue weighted by atomic mass is 9.98. The molecule has 1 fully saturated rings. The van der Waals surface area contributed by atoms with Crippen LogP contribution in [0.2, 0.25) is 19.6 Å². The lowest BCUT2D eigenvalue weighted by Crippen LogP contribution is -2.37. The highest BCUT2D eigenvalue weighted by Crippen LogP contribution is 2.19. The van der Waals surface area contributed by atoms with Gasteiger partial charge in [0.05, 0.1) is 20.8 Å². The molecule has 21 heavy (non-hydrogen) atoms. The van der Waals surface area contributed by atoms with E-state index < -0.39 is 8.07 Å². The van der Waals surface area contributed by atoms with Crippen LogP contribution in [0.25, 0.3) is 0 Å². The number of benzene rings is 1. The van der Waals surface area contributed by atoms with Crippen molar-refractivity contribution in [3.63, 3.8) is 0 Å². The van der Waals surface area contributed by atoms with E-state index in [1.807, 2.05) is 0 Å². The third-order valence-corrected chi connectivity index (χ3v) is 6.40. The van der Waals surface area contributed by atoms with Crippen LogP contribution in [-0.4, -0.2) is 27.3 Å². The summed E-state index contributed by atoms with van der Waals surface area (Å²) in [6, 6.07) is 9.15. The lowest BCUT2D eigenvalue weighted by Gasteiger charge is -2.22. The average Bonchev–Trinajstić information content (AvgIpc) is 2.47. The molecule has 0 heterocycles. The number of hydrogen-bond acceptors (Lipinski definition) is 2. The summed E-state index contributed by atoms with van der Waals surface area (Å²) in [4.78, 5) is 0. The van der Waals surface area contributed by atoms with E-state index in [0.717, 1.165) is 19.7 Å². The van der Waals surface area contributed by atoms with Gasteiger partial charge in [0.1, 0.15) is 0 Å². The van der Waals surface area contributed by atoms with E-state index in [1.54, 1.807) is 0 Å². The zero-order chi connectivity index (χ0) is 15.1. The maximum absolute atomic E-state index is 5.93. The van der Waals surface area contributed by atoms with Crippen LogP contribution < -0.4 is 10.5 Å². The SMILES string of the molecule is C[Si](C)(C)c1ccc(CNCCOC2CCCCC2)cc1. The normalized spacial score (nSPS) is 17.1. The van der Waals surface area contributed by atoms with Crippen LogP contribution in [0.15, 0.2) is 24.3 Å².